The molecule has 1 aromatic carbocycles. The second-order valence-electron chi connectivity index (χ2n) is 6.21. The summed E-state index contributed by atoms with van der Waals surface area (Å²) in [6.07, 6.45) is 4.42. The van der Waals surface area contributed by atoms with Gasteiger partial charge in [-0.25, -0.2) is 9.50 Å². The van der Waals surface area contributed by atoms with Crippen LogP contribution >= 0.6 is 11.3 Å². The fourth-order valence-corrected chi connectivity index (χ4v) is 4.24. The van der Waals surface area contributed by atoms with Gasteiger partial charge in [-0.15, -0.1) is 0 Å². The Morgan fingerprint density at radius 3 is 2.95 bits per heavy atom. The van der Waals surface area contributed by atoms with Crippen LogP contribution in [0.5, 0.6) is 0 Å². The van der Waals surface area contributed by atoms with Gasteiger partial charge in [-0.3, -0.25) is 0 Å². The van der Waals surface area contributed by atoms with Gasteiger partial charge in [0.2, 0.25) is 4.96 Å². The third-order valence-corrected chi connectivity index (χ3v) is 4.98. The van der Waals surface area contributed by atoms with Gasteiger partial charge < -0.3 is 0 Å². The Balaban J connectivity index is 1.87. The Bertz CT molecular complexity index is 798. The molecule has 21 heavy (non-hydrogen) atoms. The number of hydrogen-bond donors (Lipinski definition) is 0. The molecule has 0 unspecified atom stereocenters. The zero-order valence-electron chi connectivity index (χ0n) is 12.5. The van der Waals surface area contributed by atoms with E-state index in [2.05, 4.69) is 42.6 Å². The van der Waals surface area contributed by atoms with E-state index in [0.717, 1.165) is 29.9 Å². The predicted molar refractivity (Wildman–Crippen MR) is 86.9 cm³/mol. The summed E-state index contributed by atoms with van der Waals surface area (Å²) < 4.78 is 2.10. The highest BCUT2D eigenvalue weighted by atomic mass is 32.1. The van der Waals surface area contributed by atoms with E-state index in [1.165, 1.54) is 28.2 Å². The zero-order chi connectivity index (χ0) is 14.4. The molecule has 0 bridgehead atoms. The van der Waals surface area contributed by atoms with Crippen LogP contribution in [0, 0.1) is 5.92 Å². The molecule has 2 heterocycles. The number of imidazole rings is 1. The average molecular weight is 297 g/mol. The molecule has 1 aliphatic carbocycles. The van der Waals surface area contributed by atoms with Crippen molar-refractivity contribution in [3.8, 4) is 11.3 Å². The summed E-state index contributed by atoms with van der Waals surface area (Å²) in [4.78, 5) is 5.95. The van der Waals surface area contributed by atoms with Crippen LogP contribution in [0.1, 0.15) is 36.5 Å². The van der Waals surface area contributed by atoms with E-state index in [1.54, 1.807) is 11.3 Å². The van der Waals surface area contributed by atoms with Crippen LogP contribution in [0.15, 0.2) is 24.3 Å². The molecule has 0 aliphatic heterocycles. The molecule has 2 aromatic heterocycles. The molecular weight excluding hydrogens is 278 g/mol. The maximum absolute atomic E-state index is 4.90. The first kappa shape index (κ1) is 13.0. The number of aryl methyl sites for hydroxylation is 2. The molecule has 0 saturated carbocycles. The number of rotatable bonds is 2. The number of aromatic nitrogens is 3. The monoisotopic (exact) mass is 297 g/mol. The highest BCUT2D eigenvalue weighted by molar-refractivity contribution is 7.16. The highest BCUT2D eigenvalue weighted by Gasteiger charge is 2.22. The molecule has 0 saturated heterocycles. The Kier molecular flexibility index (Phi) is 3.07. The lowest BCUT2D eigenvalue weighted by molar-refractivity contribution is 0.634. The van der Waals surface area contributed by atoms with Crippen molar-refractivity contribution in [2.45, 2.75) is 39.5 Å². The van der Waals surface area contributed by atoms with Gasteiger partial charge in [0.05, 0.1) is 11.4 Å². The third-order valence-electron chi connectivity index (χ3n) is 4.05. The molecular formula is C17H19N3S. The van der Waals surface area contributed by atoms with Gasteiger partial charge in [0.1, 0.15) is 5.01 Å². The second-order valence-corrected chi connectivity index (χ2v) is 7.25. The number of benzene rings is 1. The van der Waals surface area contributed by atoms with Gasteiger partial charge in [0, 0.05) is 12.0 Å². The smallest absolute Gasteiger partial charge is 0.212 e. The van der Waals surface area contributed by atoms with Crippen molar-refractivity contribution in [2.75, 3.05) is 0 Å². The Morgan fingerprint density at radius 1 is 1.24 bits per heavy atom. The second kappa shape index (κ2) is 4.95. The Hall–Kier alpha value is -1.68. The van der Waals surface area contributed by atoms with Crippen LogP contribution in [0.25, 0.3) is 16.2 Å². The molecule has 1 aliphatic rings. The molecule has 3 aromatic rings. The molecule has 108 valence electrons. The minimum absolute atomic E-state index is 0.639. The lowest BCUT2D eigenvalue weighted by Gasteiger charge is -2.03. The average Bonchev–Trinajstić information content (AvgIpc) is 2.91. The van der Waals surface area contributed by atoms with Crippen molar-refractivity contribution in [1.82, 2.24) is 14.6 Å². The summed E-state index contributed by atoms with van der Waals surface area (Å²) >= 11 is 1.74. The molecule has 3 nitrogen and oxygen atoms in total. The lowest BCUT2D eigenvalue weighted by atomic mass is 10.0. The summed E-state index contributed by atoms with van der Waals surface area (Å²) in [7, 11) is 0. The van der Waals surface area contributed by atoms with Crippen LogP contribution < -0.4 is 0 Å². The van der Waals surface area contributed by atoms with E-state index in [9.17, 15) is 0 Å². The molecule has 4 heteroatoms. The van der Waals surface area contributed by atoms with E-state index in [-0.39, 0.29) is 0 Å². The van der Waals surface area contributed by atoms with Crippen LogP contribution in [0.2, 0.25) is 0 Å². The van der Waals surface area contributed by atoms with Gasteiger partial charge in [0.15, 0.2) is 0 Å². The standard InChI is InChI=1S/C17H19N3S/c1-11(2)10-15-19-20-14-9-5-7-12-6-3-4-8-13(12)16(14)18-17(20)21-15/h3-4,6,8,11H,5,7,9-10H2,1-2H3. The maximum Gasteiger partial charge on any atom is 0.212 e. The third kappa shape index (κ3) is 2.18. The van der Waals surface area contributed by atoms with Crippen molar-refractivity contribution in [2.24, 2.45) is 5.92 Å². The molecule has 0 radical (unpaired) electrons. The first-order chi connectivity index (χ1) is 10.2. The number of hydrogen-bond acceptors (Lipinski definition) is 3. The van der Waals surface area contributed by atoms with Crippen LogP contribution in [-0.4, -0.2) is 14.6 Å². The molecule has 0 N–H and O–H groups in total. The van der Waals surface area contributed by atoms with Gasteiger partial charge >= 0.3 is 0 Å². The topological polar surface area (TPSA) is 30.2 Å². The van der Waals surface area contributed by atoms with E-state index in [0.29, 0.717) is 5.92 Å². The lowest BCUT2D eigenvalue weighted by Crippen LogP contribution is -1.98. The molecule has 0 fully saturated rings. The van der Waals surface area contributed by atoms with Crippen molar-refractivity contribution >= 4 is 16.3 Å². The SMILES string of the molecule is CC(C)Cc1nn2c3c(nc2s1)-c1ccccc1CCC3. The van der Waals surface area contributed by atoms with Crippen molar-refractivity contribution in [1.29, 1.82) is 0 Å². The first-order valence-corrected chi connectivity index (χ1v) is 8.49. The predicted octanol–water partition coefficient (Wildman–Crippen LogP) is 4.15. The zero-order valence-corrected chi connectivity index (χ0v) is 13.3. The fraction of sp³-hybridized carbons (Fsp3) is 0.412. The number of fused-ring (bicyclic) bond motifs is 5. The van der Waals surface area contributed by atoms with Gasteiger partial charge in [-0.05, 0) is 30.7 Å². The number of nitrogens with zero attached hydrogens (tertiary/aromatic N) is 3. The van der Waals surface area contributed by atoms with Crippen LogP contribution in [-0.2, 0) is 19.3 Å². The summed E-state index contributed by atoms with van der Waals surface area (Å²) in [5.41, 5.74) is 5.16. The van der Waals surface area contributed by atoms with Gasteiger partial charge in [0.25, 0.3) is 0 Å². The normalized spacial score (nSPS) is 14.2. The molecule has 0 amide bonds. The van der Waals surface area contributed by atoms with Crippen molar-refractivity contribution in [3.63, 3.8) is 0 Å². The van der Waals surface area contributed by atoms with E-state index >= 15 is 0 Å². The minimum atomic E-state index is 0.639. The quantitative estimate of drug-likeness (QED) is 0.711. The molecule has 4 rings (SSSR count). The minimum Gasteiger partial charge on any atom is -0.217 e. The first-order valence-electron chi connectivity index (χ1n) is 7.68. The van der Waals surface area contributed by atoms with Gasteiger partial charge in [-0.1, -0.05) is 49.4 Å². The van der Waals surface area contributed by atoms with Crippen LogP contribution in [0.4, 0.5) is 0 Å². The maximum atomic E-state index is 4.90. The van der Waals surface area contributed by atoms with E-state index < -0.39 is 0 Å². The summed E-state index contributed by atoms with van der Waals surface area (Å²) in [5, 5.41) is 6.02. The highest BCUT2D eigenvalue weighted by Crippen LogP contribution is 2.33. The molecule has 0 atom stereocenters. The van der Waals surface area contributed by atoms with Gasteiger partial charge in [-0.2, -0.15) is 5.10 Å². The van der Waals surface area contributed by atoms with Crippen LogP contribution in [0.3, 0.4) is 0 Å². The summed E-state index contributed by atoms with van der Waals surface area (Å²) in [6.45, 7) is 4.47. The summed E-state index contributed by atoms with van der Waals surface area (Å²) in [6, 6.07) is 8.67. The Morgan fingerprint density at radius 2 is 2.10 bits per heavy atom. The fourth-order valence-electron chi connectivity index (χ4n) is 3.12. The largest absolute Gasteiger partial charge is 0.217 e. The van der Waals surface area contributed by atoms with E-state index in [4.69, 9.17) is 10.1 Å². The van der Waals surface area contributed by atoms with E-state index in [1.807, 2.05) is 0 Å². The summed E-state index contributed by atoms with van der Waals surface area (Å²) in [5.74, 6) is 0.639. The van der Waals surface area contributed by atoms with Crippen molar-refractivity contribution < 1.29 is 0 Å². The Labute approximate surface area is 128 Å². The van der Waals surface area contributed by atoms with Crippen molar-refractivity contribution in [3.05, 3.63) is 40.5 Å². The molecule has 0 spiro atoms.